The molecule has 0 bridgehead atoms. The van der Waals surface area contributed by atoms with Crippen LogP contribution in [0, 0.1) is 17.6 Å². The molecule has 0 saturated heterocycles. The Bertz CT molecular complexity index is 1460. The van der Waals surface area contributed by atoms with Crippen LogP contribution in [0.2, 0.25) is 5.02 Å². The van der Waals surface area contributed by atoms with E-state index >= 15 is 0 Å². The predicted molar refractivity (Wildman–Crippen MR) is 137 cm³/mol. The predicted octanol–water partition coefficient (Wildman–Crippen LogP) is 8.23. The monoisotopic (exact) mass is 587 g/mol. The molecule has 0 aromatic heterocycles. The first kappa shape index (κ1) is 28.1. The minimum Gasteiger partial charge on any atom is -0.326 e. The highest BCUT2D eigenvalue weighted by molar-refractivity contribution is 6.53. The number of rotatable bonds is 7. The Morgan fingerprint density at radius 3 is 2.37 bits per heavy atom. The maximum atomic E-state index is 14.0. The summed E-state index contributed by atoms with van der Waals surface area (Å²) < 4.78 is 65.9. The number of anilines is 1. The van der Waals surface area contributed by atoms with Crippen LogP contribution in [0.5, 0.6) is 0 Å². The number of Topliss-reactive ketones (excluding diaryl/α,β-unsaturated/α-hetero) is 1. The van der Waals surface area contributed by atoms with Crippen molar-refractivity contribution in [2.75, 3.05) is 5.32 Å². The van der Waals surface area contributed by atoms with Crippen molar-refractivity contribution in [3.63, 3.8) is 0 Å². The van der Waals surface area contributed by atoms with E-state index in [0.29, 0.717) is 6.07 Å². The fourth-order valence-electron chi connectivity index (χ4n) is 4.23. The van der Waals surface area contributed by atoms with Crippen LogP contribution in [-0.4, -0.2) is 16.0 Å². The summed E-state index contributed by atoms with van der Waals surface area (Å²) in [6.07, 6.45) is -4.00. The zero-order valence-electron chi connectivity index (χ0n) is 19.2. The summed E-state index contributed by atoms with van der Waals surface area (Å²) in [5.74, 6) is -4.99. The van der Waals surface area contributed by atoms with Gasteiger partial charge < -0.3 is 5.32 Å². The average Bonchev–Trinajstić information content (AvgIpc) is 3.42. The highest BCUT2D eigenvalue weighted by atomic mass is 35.5. The van der Waals surface area contributed by atoms with Crippen molar-refractivity contribution in [2.24, 2.45) is 5.92 Å². The van der Waals surface area contributed by atoms with Crippen molar-refractivity contribution in [3.05, 3.63) is 106 Å². The van der Waals surface area contributed by atoms with Gasteiger partial charge in [-0.05, 0) is 47.0 Å². The van der Waals surface area contributed by atoms with Gasteiger partial charge in [0.15, 0.2) is 5.78 Å². The summed E-state index contributed by atoms with van der Waals surface area (Å²) in [7, 11) is 0. The lowest BCUT2D eigenvalue weighted by Gasteiger charge is -2.12. The number of nitrogens with one attached hydrogen (secondary N) is 1. The number of carbonyl (C=O) groups excluding carboxylic acids is 2. The van der Waals surface area contributed by atoms with Gasteiger partial charge >= 0.3 is 6.18 Å². The Morgan fingerprint density at radius 2 is 1.74 bits per heavy atom. The summed E-state index contributed by atoms with van der Waals surface area (Å²) in [5, 5.41) is 2.58. The zero-order valence-corrected chi connectivity index (χ0v) is 21.5. The number of ketones is 1. The molecule has 0 spiro atoms. The Labute approximate surface area is 229 Å². The molecular formula is C27H17Cl3F5NO2. The first-order chi connectivity index (χ1) is 17.7. The van der Waals surface area contributed by atoms with Crippen LogP contribution in [0.15, 0.2) is 61.2 Å². The van der Waals surface area contributed by atoms with Gasteiger partial charge in [-0.1, -0.05) is 42.5 Å². The Morgan fingerprint density at radius 1 is 1.03 bits per heavy atom. The average molecular weight is 589 g/mol. The first-order valence-electron chi connectivity index (χ1n) is 11.0. The van der Waals surface area contributed by atoms with Gasteiger partial charge in [-0.25, -0.2) is 8.78 Å². The number of benzene rings is 3. The highest BCUT2D eigenvalue weighted by Crippen LogP contribution is 2.65. The summed E-state index contributed by atoms with van der Waals surface area (Å²) in [6.45, 7) is 3.39. The second kappa shape index (κ2) is 10.3. The maximum absolute atomic E-state index is 14.0. The zero-order chi connectivity index (χ0) is 28.0. The maximum Gasteiger partial charge on any atom is 0.416 e. The molecule has 3 nitrogen and oxygen atoms in total. The summed E-state index contributed by atoms with van der Waals surface area (Å²) in [4.78, 5) is 25.8. The van der Waals surface area contributed by atoms with Crippen molar-refractivity contribution in [1.29, 1.82) is 0 Å². The summed E-state index contributed by atoms with van der Waals surface area (Å²) in [6, 6.07) is 10.3. The molecule has 2 unspecified atom stereocenters. The lowest BCUT2D eigenvalue weighted by Crippen LogP contribution is -2.17. The van der Waals surface area contributed by atoms with Crippen LogP contribution in [0.1, 0.15) is 38.5 Å². The van der Waals surface area contributed by atoms with Crippen molar-refractivity contribution in [3.8, 4) is 0 Å². The van der Waals surface area contributed by atoms with Gasteiger partial charge in [0, 0.05) is 29.7 Å². The topological polar surface area (TPSA) is 46.2 Å². The van der Waals surface area contributed by atoms with E-state index in [4.69, 9.17) is 34.8 Å². The number of alkyl halides is 5. The van der Waals surface area contributed by atoms with E-state index in [1.807, 2.05) is 0 Å². The van der Waals surface area contributed by atoms with Crippen LogP contribution < -0.4 is 5.32 Å². The van der Waals surface area contributed by atoms with Crippen molar-refractivity contribution < 1.29 is 31.5 Å². The van der Waals surface area contributed by atoms with Gasteiger partial charge in [0.05, 0.1) is 16.5 Å². The van der Waals surface area contributed by atoms with E-state index in [0.717, 1.165) is 24.3 Å². The molecule has 0 aliphatic heterocycles. The lowest BCUT2D eigenvalue weighted by molar-refractivity contribution is -0.137. The molecule has 198 valence electrons. The van der Waals surface area contributed by atoms with E-state index in [1.165, 1.54) is 30.3 Å². The third-order valence-corrected chi connectivity index (χ3v) is 7.47. The number of hydrogen-bond acceptors (Lipinski definition) is 2. The van der Waals surface area contributed by atoms with E-state index in [-0.39, 0.29) is 33.0 Å². The largest absolute Gasteiger partial charge is 0.416 e. The fraction of sp³-hybridized carbons (Fsp3) is 0.185. The van der Waals surface area contributed by atoms with Gasteiger partial charge in [0.2, 0.25) is 5.91 Å². The normalized spacial score (nSPS) is 18.1. The minimum absolute atomic E-state index is 0.0293. The minimum atomic E-state index is -4.66. The molecule has 0 radical (unpaired) electrons. The molecule has 1 aliphatic rings. The van der Waals surface area contributed by atoms with Crippen molar-refractivity contribution in [1.82, 2.24) is 0 Å². The smallest absolute Gasteiger partial charge is 0.326 e. The highest BCUT2D eigenvalue weighted by Gasteiger charge is 2.67. The van der Waals surface area contributed by atoms with Crippen LogP contribution in [0.4, 0.5) is 27.6 Å². The fourth-order valence-corrected chi connectivity index (χ4v) is 5.28. The third-order valence-electron chi connectivity index (χ3n) is 6.20. The van der Waals surface area contributed by atoms with Gasteiger partial charge in [-0.2, -0.15) is 13.2 Å². The summed E-state index contributed by atoms with van der Waals surface area (Å²) in [5.41, 5.74) is -0.873. The second-order valence-corrected chi connectivity index (χ2v) is 10.5. The van der Waals surface area contributed by atoms with Crippen LogP contribution in [-0.2, 0) is 17.4 Å². The van der Waals surface area contributed by atoms with Gasteiger partial charge in [-0.15, -0.1) is 23.2 Å². The SMILES string of the molecule is C=Cc1ccc(C2C(C(=O)Nc3ccc(Cl)c(C(=O)Cc4ccc(F)cc4F)c3)C2(Cl)Cl)cc1C(F)(F)F. The molecule has 1 N–H and O–H groups in total. The van der Waals surface area contributed by atoms with E-state index in [1.54, 1.807) is 0 Å². The molecule has 1 amide bonds. The number of halogens is 8. The van der Waals surface area contributed by atoms with Crippen molar-refractivity contribution >= 4 is 58.3 Å². The number of carbonyl (C=O) groups is 2. The molecule has 3 aromatic rings. The van der Waals surface area contributed by atoms with E-state index in [2.05, 4.69) is 11.9 Å². The van der Waals surface area contributed by atoms with Gasteiger partial charge in [0.25, 0.3) is 0 Å². The Hall–Kier alpha value is -2.94. The number of amides is 1. The Balaban J connectivity index is 1.54. The molecule has 38 heavy (non-hydrogen) atoms. The molecule has 1 aliphatic carbocycles. The van der Waals surface area contributed by atoms with Crippen LogP contribution in [0.3, 0.4) is 0 Å². The Kier molecular flexibility index (Phi) is 7.63. The molecule has 1 saturated carbocycles. The van der Waals surface area contributed by atoms with Crippen molar-refractivity contribution in [2.45, 2.75) is 22.8 Å². The molecule has 2 atom stereocenters. The van der Waals surface area contributed by atoms with E-state index < -0.39 is 57.7 Å². The van der Waals surface area contributed by atoms with Gasteiger partial charge in [-0.3, -0.25) is 9.59 Å². The summed E-state index contributed by atoms with van der Waals surface area (Å²) >= 11 is 18.7. The van der Waals surface area contributed by atoms with Gasteiger partial charge in [0.1, 0.15) is 16.0 Å². The third kappa shape index (κ3) is 5.58. The second-order valence-electron chi connectivity index (χ2n) is 8.70. The molecular weight excluding hydrogens is 572 g/mol. The lowest BCUT2D eigenvalue weighted by atomic mass is 10.00. The van der Waals surface area contributed by atoms with Crippen LogP contribution in [0.25, 0.3) is 6.08 Å². The molecule has 11 heteroatoms. The molecule has 4 rings (SSSR count). The van der Waals surface area contributed by atoms with Crippen LogP contribution >= 0.6 is 34.8 Å². The number of hydrogen-bond donors (Lipinski definition) is 1. The quantitative estimate of drug-likeness (QED) is 0.172. The first-order valence-corrected chi connectivity index (χ1v) is 12.2. The molecule has 0 heterocycles. The molecule has 1 fully saturated rings. The molecule has 3 aromatic carbocycles. The standard InChI is InChI=1S/C27H17Cl3F5NO2/c1-2-13-3-4-15(9-19(13)27(33,34)35)23-24(26(23,29)30)25(38)36-17-7-8-20(28)18(12-17)22(37)10-14-5-6-16(31)11-21(14)32/h2-9,11-12,23-24H,1,10H2,(H,36,38). The van der Waals surface area contributed by atoms with E-state index in [9.17, 15) is 31.5 Å².